The predicted octanol–water partition coefficient (Wildman–Crippen LogP) is 1.75. The molecule has 1 N–H and O–H groups in total. The Hall–Kier alpha value is -4.21. The molecule has 0 saturated carbocycles. The normalized spacial score (nSPS) is 14.9. The summed E-state index contributed by atoms with van der Waals surface area (Å²) < 4.78 is 12.3. The number of para-hydroxylation sites is 2. The zero-order chi connectivity index (χ0) is 25.1. The van der Waals surface area contributed by atoms with Gasteiger partial charge in [-0.25, -0.2) is 9.48 Å². The average Bonchev–Trinajstić information content (AvgIpc) is 2.87. The third-order valence-electron chi connectivity index (χ3n) is 5.54. The van der Waals surface area contributed by atoms with Gasteiger partial charge in [0.2, 0.25) is 0 Å². The van der Waals surface area contributed by atoms with E-state index in [1.165, 1.54) is 16.6 Å². The number of rotatable bonds is 6. The van der Waals surface area contributed by atoms with Crippen LogP contribution >= 0.6 is 0 Å². The van der Waals surface area contributed by atoms with Gasteiger partial charge in [0.15, 0.2) is 18.4 Å². The minimum absolute atomic E-state index is 0.0342. The van der Waals surface area contributed by atoms with Crippen molar-refractivity contribution in [3.05, 3.63) is 64.6 Å². The largest absolute Gasteiger partial charge is 0.477 e. The van der Waals surface area contributed by atoms with Gasteiger partial charge in [-0.2, -0.15) is 5.10 Å². The van der Waals surface area contributed by atoms with Crippen molar-refractivity contribution in [3.8, 4) is 5.75 Å². The number of nitrogens with zero attached hydrogens (tertiary/aromatic N) is 3. The molecule has 0 bridgehead atoms. The summed E-state index contributed by atoms with van der Waals surface area (Å²) in [4.78, 5) is 52.4. The summed E-state index contributed by atoms with van der Waals surface area (Å²) in [5.41, 5.74) is 0.133. The van der Waals surface area contributed by atoms with Gasteiger partial charge in [0.05, 0.1) is 17.6 Å². The molecule has 182 valence electrons. The number of likely N-dealkylation sites (N-methyl/N-ethyl adjacent to an activating group) is 1. The molecular weight excluding hydrogens is 452 g/mol. The van der Waals surface area contributed by atoms with E-state index < -0.39 is 24.6 Å². The molecule has 0 spiro atoms. The number of benzene rings is 2. The standard InChI is InChI=1S/C25H26N4O6/c1-15(2)12-29-24(32)17-9-5-4-8-16(17)22(27-29)25(33)34-14-21(30)28-13-20(23(31)26-3)35-19-11-7-6-10-18(19)28/h4-11,15,20H,12-14H2,1-3H3,(H,26,31). The van der Waals surface area contributed by atoms with Gasteiger partial charge in [-0.3, -0.25) is 14.4 Å². The summed E-state index contributed by atoms with van der Waals surface area (Å²) in [6.07, 6.45) is -0.903. The van der Waals surface area contributed by atoms with E-state index in [1.807, 2.05) is 13.8 Å². The first-order valence-corrected chi connectivity index (χ1v) is 11.2. The molecule has 4 rings (SSSR count). The summed E-state index contributed by atoms with van der Waals surface area (Å²) in [5.74, 6) is -1.22. The van der Waals surface area contributed by atoms with Crippen molar-refractivity contribution in [2.24, 2.45) is 5.92 Å². The highest BCUT2D eigenvalue weighted by atomic mass is 16.5. The molecule has 0 radical (unpaired) electrons. The first-order valence-electron chi connectivity index (χ1n) is 11.2. The summed E-state index contributed by atoms with van der Waals surface area (Å²) in [6, 6.07) is 13.5. The van der Waals surface area contributed by atoms with Crippen LogP contribution in [-0.2, 0) is 20.9 Å². The fraction of sp³-hybridized carbons (Fsp3) is 0.320. The minimum Gasteiger partial charge on any atom is -0.477 e. The second-order valence-corrected chi connectivity index (χ2v) is 8.54. The number of hydrogen-bond acceptors (Lipinski definition) is 7. The molecule has 0 saturated heterocycles. The number of anilines is 1. The summed E-state index contributed by atoms with van der Waals surface area (Å²) in [5, 5.41) is 7.46. The van der Waals surface area contributed by atoms with Crippen LogP contribution in [0.4, 0.5) is 5.69 Å². The smallest absolute Gasteiger partial charge is 0.359 e. The number of ether oxygens (including phenoxy) is 2. The van der Waals surface area contributed by atoms with Crippen LogP contribution in [0.1, 0.15) is 24.3 Å². The van der Waals surface area contributed by atoms with Crippen molar-refractivity contribution >= 4 is 34.2 Å². The Balaban J connectivity index is 1.58. The van der Waals surface area contributed by atoms with E-state index in [-0.39, 0.29) is 29.6 Å². The Kier molecular flexibility index (Phi) is 6.81. The molecule has 1 atom stereocenters. The lowest BCUT2D eigenvalue weighted by Gasteiger charge is -2.33. The highest BCUT2D eigenvalue weighted by Gasteiger charge is 2.34. The molecule has 35 heavy (non-hydrogen) atoms. The van der Waals surface area contributed by atoms with E-state index in [4.69, 9.17) is 9.47 Å². The fourth-order valence-corrected chi connectivity index (χ4v) is 3.90. The SMILES string of the molecule is CNC(=O)C1CN(C(=O)COC(=O)c2nn(CC(C)C)c(=O)c3ccccc23)c2ccccc2O1. The van der Waals surface area contributed by atoms with Crippen molar-refractivity contribution in [1.29, 1.82) is 0 Å². The summed E-state index contributed by atoms with van der Waals surface area (Å²) in [6.45, 7) is 3.59. The zero-order valence-corrected chi connectivity index (χ0v) is 19.7. The monoisotopic (exact) mass is 478 g/mol. The van der Waals surface area contributed by atoms with Crippen molar-refractivity contribution in [1.82, 2.24) is 15.1 Å². The molecule has 1 aliphatic heterocycles. The number of fused-ring (bicyclic) bond motifs is 2. The van der Waals surface area contributed by atoms with Gasteiger partial charge in [0, 0.05) is 19.0 Å². The second-order valence-electron chi connectivity index (χ2n) is 8.54. The number of nitrogens with one attached hydrogen (secondary N) is 1. The molecule has 0 fully saturated rings. The first kappa shape index (κ1) is 23.9. The maximum atomic E-state index is 13.1. The van der Waals surface area contributed by atoms with Crippen LogP contribution in [0.2, 0.25) is 0 Å². The molecule has 1 unspecified atom stereocenters. The quantitative estimate of drug-likeness (QED) is 0.536. The molecule has 1 aliphatic rings. The Morgan fingerprint density at radius 3 is 2.51 bits per heavy atom. The van der Waals surface area contributed by atoms with Gasteiger partial charge in [0.25, 0.3) is 17.4 Å². The summed E-state index contributed by atoms with van der Waals surface area (Å²) >= 11 is 0. The molecule has 2 aromatic carbocycles. The molecule has 3 aromatic rings. The lowest BCUT2D eigenvalue weighted by Crippen LogP contribution is -2.51. The van der Waals surface area contributed by atoms with Crippen LogP contribution in [0, 0.1) is 5.92 Å². The van der Waals surface area contributed by atoms with Gasteiger partial charge >= 0.3 is 5.97 Å². The summed E-state index contributed by atoms with van der Waals surface area (Å²) in [7, 11) is 1.48. The van der Waals surface area contributed by atoms with Crippen LogP contribution in [0.25, 0.3) is 10.8 Å². The average molecular weight is 479 g/mol. The van der Waals surface area contributed by atoms with Gasteiger partial charge in [-0.15, -0.1) is 0 Å². The number of aromatic nitrogens is 2. The number of carbonyl (C=O) groups excluding carboxylic acids is 3. The van der Waals surface area contributed by atoms with Crippen molar-refractivity contribution in [2.45, 2.75) is 26.5 Å². The van der Waals surface area contributed by atoms with E-state index in [0.717, 1.165) is 0 Å². The number of esters is 1. The van der Waals surface area contributed by atoms with Gasteiger partial charge in [-0.05, 0) is 24.1 Å². The number of carbonyl (C=O) groups is 3. The Bertz CT molecular complexity index is 1350. The maximum Gasteiger partial charge on any atom is 0.359 e. The minimum atomic E-state index is -0.903. The Morgan fingerprint density at radius 1 is 1.11 bits per heavy atom. The van der Waals surface area contributed by atoms with Crippen molar-refractivity contribution in [3.63, 3.8) is 0 Å². The molecule has 1 aromatic heterocycles. The van der Waals surface area contributed by atoms with E-state index in [2.05, 4.69) is 10.4 Å². The van der Waals surface area contributed by atoms with Crippen LogP contribution in [0.3, 0.4) is 0 Å². The van der Waals surface area contributed by atoms with Gasteiger partial charge < -0.3 is 19.7 Å². The third-order valence-corrected chi connectivity index (χ3v) is 5.54. The highest BCUT2D eigenvalue weighted by Crippen LogP contribution is 2.33. The third kappa shape index (κ3) is 4.86. The second kappa shape index (κ2) is 9.96. The Morgan fingerprint density at radius 2 is 1.80 bits per heavy atom. The van der Waals surface area contributed by atoms with Crippen LogP contribution in [0.5, 0.6) is 5.75 Å². The lowest BCUT2D eigenvalue weighted by molar-refractivity contribution is -0.128. The van der Waals surface area contributed by atoms with Gasteiger partial charge in [-0.1, -0.05) is 44.2 Å². The lowest BCUT2D eigenvalue weighted by atomic mass is 10.1. The fourth-order valence-electron chi connectivity index (χ4n) is 3.90. The molecular formula is C25H26N4O6. The van der Waals surface area contributed by atoms with Crippen molar-refractivity contribution in [2.75, 3.05) is 25.1 Å². The zero-order valence-electron chi connectivity index (χ0n) is 19.7. The molecule has 10 nitrogen and oxygen atoms in total. The molecule has 0 aliphatic carbocycles. The highest BCUT2D eigenvalue weighted by molar-refractivity contribution is 6.04. The van der Waals surface area contributed by atoms with Crippen LogP contribution in [0.15, 0.2) is 53.3 Å². The Labute approximate surface area is 201 Å². The number of amides is 2. The predicted molar refractivity (Wildman–Crippen MR) is 128 cm³/mol. The molecule has 10 heteroatoms. The van der Waals surface area contributed by atoms with Crippen LogP contribution < -0.4 is 20.5 Å². The molecule has 2 amide bonds. The molecule has 2 heterocycles. The first-order chi connectivity index (χ1) is 16.8. The van der Waals surface area contributed by atoms with Gasteiger partial charge in [0.1, 0.15) is 5.75 Å². The van der Waals surface area contributed by atoms with Crippen LogP contribution in [-0.4, -0.2) is 53.9 Å². The topological polar surface area (TPSA) is 120 Å². The van der Waals surface area contributed by atoms with E-state index in [9.17, 15) is 19.2 Å². The van der Waals surface area contributed by atoms with E-state index >= 15 is 0 Å². The maximum absolute atomic E-state index is 13.1. The van der Waals surface area contributed by atoms with E-state index in [0.29, 0.717) is 28.8 Å². The van der Waals surface area contributed by atoms with E-state index in [1.54, 1.807) is 48.5 Å². The number of hydrogen-bond donors (Lipinski definition) is 1. The van der Waals surface area contributed by atoms with Crippen molar-refractivity contribution < 1.29 is 23.9 Å².